The van der Waals surface area contributed by atoms with Crippen LogP contribution in [0, 0.1) is 5.92 Å². The second kappa shape index (κ2) is 6.46. The number of phenols is 1. The van der Waals surface area contributed by atoms with Crippen LogP contribution in [0.4, 0.5) is 0 Å². The van der Waals surface area contributed by atoms with Gasteiger partial charge in [0.1, 0.15) is 11.5 Å². The van der Waals surface area contributed by atoms with Crippen molar-refractivity contribution in [1.29, 1.82) is 0 Å². The maximum atomic E-state index is 12.8. The number of carbonyl (C=O) groups is 1. The van der Waals surface area contributed by atoms with E-state index in [0.29, 0.717) is 12.2 Å². The summed E-state index contributed by atoms with van der Waals surface area (Å²) in [6, 6.07) is 5.43. The van der Waals surface area contributed by atoms with Crippen molar-refractivity contribution in [3.05, 3.63) is 29.3 Å². The van der Waals surface area contributed by atoms with Gasteiger partial charge in [-0.05, 0) is 62.4 Å². The van der Waals surface area contributed by atoms with Crippen LogP contribution in [0.3, 0.4) is 0 Å². The molecule has 124 valence electrons. The molecule has 1 fully saturated rings. The monoisotopic (exact) mass is 313 g/mol. The van der Waals surface area contributed by atoms with Gasteiger partial charge in [0.2, 0.25) is 0 Å². The van der Waals surface area contributed by atoms with E-state index in [1.54, 1.807) is 6.07 Å². The van der Waals surface area contributed by atoms with E-state index in [1.807, 2.05) is 12.1 Å². The number of hydrogen-bond donors (Lipinski definition) is 1. The predicted molar refractivity (Wildman–Crippen MR) is 93.2 cm³/mol. The third-order valence-corrected chi connectivity index (χ3v) is 5.11. The highest BCUT2D eigenvalue weighted by Gasteiger charge is 2.29. The first-order chi connectivity index (χ1) is 10.9. The van der Waals surface area contributed by atoms with Crippen molar-refractivity contribution < 1.29 is 9.90 Å². The number of phenolic OH excluding ortho intramolecular Hbond substituents is 1. The van der Waals surface area contributed by atoms with Gasteiger partial charge in [0.05, 0.1) is 11.3 Å². The minimum atomic E-state index is -0.208. The van der Waals surface area contributed by atoms with Crippen molar-refractivity contribution in [2.45, 2.75) is 70.8 Å². The van der Waals surface area contributed by atoms with E-state index >= 15 is 0 Å². The van der Waals surface area contributed by atoms with Gasteiger partial charge in [-0.2, -0.15) is 0 Å². The molecular formula is C20H27NO2. The Kier molecular flexibility index (Phi) is 4.56. The number of aromatic hydroxyl groups is 1. The Morgan fingerprint density at radius 3 is 2.61 bits per heavy atom. The first-order valence-corrected chi connectivity index (χ1v) is 8.88. The number of nitrogens with zero attached hydrogens (tertiary/aromatic N) is 1. The Morgan fingerprint density at radius 2 is 1.91 bits per heavy atom. The summed E-state index contributed by atoms with van der Waals surface area (Å²) >= 11 is 0. The average molecular weight is 313 g/mol. The molecule has 1 heterocycles. The molecule has 1 N–H and O–H groups in total. The fourth-order valence-electron chi connectivity index (χ4n) is 3.98. The first kappa shape index (κ1) is 16.2. The fourth-order valence-corrected chi connectivity index (χ4v) is 3.98. The molecule has 0 amide bonds. The standard InChI is InChI=1S/C20H27NO2/c1-20(2)13-15-11-16(22)9-10-17(15)18(21-20)12-19(23)14-7-5-3-4-6-8-14/h9-11,14,22H,3-8,12-13H2,1-2H3. The molecule has 0 bridgehead atoms. The van der Waals surface area contributed by atoms with E-state index in [2.05, 4.69) is 13.8 Å². The first-order valence-electron chi connectivity index (χ1n) is 8.88. The van der Waals surface area contributed by atoms with Gasteiger partial charge in [-0.1, -0.05) is 25.7 Å². The number of ketones is 1. The van der Waals surface area contributed by atoms with Gasteiger partial charge in [-0.25, -0.2) is 0 Å². The molecule has 0 aromatic heterocycles. The lowest BCUT2D eigenvalue weighted by Gasteiger charge is -2.29. The van der Waals surface area contributed by atoms with Crippen LogP contribution in [-0.2, 0) is 11.2 Å². The highest BCUT2D eigenvalue weighted by molar-refractivity contribution is 6.13. The summed E-state index contributed by atoms with van der Waals surface area (Å²) in [4.78, 5) is 17.6. The molecule has 1 aromatic carbocycles. The average Bonchev–Trinajstić information content (AvgIpc) is 2.74. The smallest absolute Gasteiger partial charge is 0.141 e. The van der Waals surface area contributed by atoms with E-state index in [0.717, 1.165) is 36.1 Å². The molecule has 3 rings (SSSR count). The van der Waals surface area contributed by atoms with Crippen LogP contribution in [0.25, 0.3) is 0 Å². The van der Waals surface area contributed by atoms with Gasteiger partial charge in [0.15, 0.2) is 0 Å². The van der Waals surface area contributed by atoms with Gasteiger partial charge in [0, 0.05) is 12.3 Å². The molecule has 3 nitrogen and oxygen atoms in total. The van der Waals surface area contributed by atoms with Crippen LogP contribution in [-0.4, -0.2) is 22.1 Å². The van der Waals surface area contributed by atoms with Gasteiger partial charge < -0.3 is 5.11 Å². The van der Waals surface area contributed by atoms with E-state index < -0.39 is 0 Å². The Labute approximate surface area is 138 Å². The molecule has 1 aliphatic heterocycles. The zero-order chi connectivity index (χ0) is 16.4. The minimum absolute atomic E-state index is 0.208. The predicted octanol–water partition coefficient (Wildman–Crippen LogP) is 4.45. The zero-order valence-electron chi connectivity index (χ0n) is 14.3. The second-order valence-electron chi connectivity index (χ2n) is 7.72. The number of aliphatic imine (C=N–C) groups is 1. The lowest BCUT2D eigenvalue weighted by molar-refractivity contribution is -0.122. The lowest BCUT2D eigenvalue weighted by Crippen LogP contribution is -2.31. The summed E-state index contributed by atoms with van der Waals surface area (Å²) in [5, 5.41) is 9.75. The molecule has 0 radical (unpaired) electrons. The van der Waals surface area contributed by atoms with Crippen molar-refractivity contribution in [2.24, 2.45) is 10.9 Å². The number of benzene rings is 1. The maximum absolute atomic E-state index is 12.8. The van der Waals surface area contributed by atoms with Crippen LogP contribution >= 0.6 is 0 Å². The molecule has 0 spiro atoms. The van der Waals surface area contributed by atoms with Crippen molar-refractivity contribution in [3.63, 3.8) is 0 Å². The summed E-state index contributed by atoms with van der Waals surface area (Å²) in [6.45, 7) is 4.19. The molecule has 0 saturated heterocycles. The van der Waals surface area contributed by atoms with Crippen LogP contribution in [0.5, 0.6) is 5.75 Å². The molecule has 23 heavy (non-hydrogen) atoms. The topological polar surface area (TPSA) is 49.7 Å². The number of fused-ring (bicyclic) bond motifs is 1. The summed E-state index contributed by atoms with van der Waals surface area (Å²) in [6.07, 6.45) is 8.21. The number of Topliss-reactive ketones (excluding diaryl/α,β-unsaturated/α-hetero) is 1. The Hall–Kier alpha value is -1.64. The second-order valence-corrected chi connectivity index (χ2v) is 7.72. The number of hydrogen-bond acceptors (Lipinski definition) is 3. The van der Waals surface area contributed by atoms with E-state index in [9.17, 15) is 9.90 Å². The highest BCUT2D eigenvalue weighted by Crippen LogP contribution is 2.32. The van der Waals surface area contributed by atoms with Gasteiger partial charge >= 0.3 is 0 Å². The molecular weight excluding hydrogens is 286 g/mol. The molecule has 3 heteroatoms. The number of rotatable bonds is 3. The van der Waals surface area contributed by atoms with Crippen LogP contribution in [0.15, 0.2) is 23.2 Å². The molecule has 0 atom stereocenters. The quantitative estimate of drug-likeness (QED) is 0.838. The van der Waals surface area contributed by atoms with Crippen molar-refractivity contribution >= 4 is 11.5 Å². The summed E-state index contributed by atoms with van der Waals surface area (Å²) < 4.78 is 0. The van der Waals surface area contributed by atoms with Crippen LogP contribution in [0.2, 0.25) is 0 Å². The maximum Gasteiger partial charge on any atom is 0.141 e. The van der Waals surface area contributed by atoms with Crippen LogP contribution in [0.1, 0.15) is 69.9 Å². The van der Waals surface area contributed by atoms with Gasteiger partial charge in [-0.3, -0.25) is 9.79 Å². The zero-order valence-corrected chi connectivity index (χ0v) is 14.3. The third kappa shape index (κ3) is 3.82. The molecule has 0 unspecified atom stereocenters. The molecule has 1 aliphatic carbocycles. The van der Waals surface area contributed by atoms with Gasteiger partial charge in [0.25, 0.3) is 0 Å². The summed E-state index contributed by atoms with van der Waals surface area (Å²) in [7, 11) is 0. The van der Waals surface area contributed by atoms with E-state index in [1.165, 1.54) is 25.7 Å². The Bertz CT molecular complexity index is 623. The number of carbonyl (C=O) groups excluding carboxylic acids is 1. The SMILES string of the molecule is CC1(C)Cc2cc(O)ccc2C(CC(=O)C2CCCCCC2)=N1. The molecule has 1 aromatic rings. The van der Waals surface area contributed by atoms with Crippen molar-refractivity contribution in [3.8, 4) is 5.75 Å². The van der Waals surface area contributed by atoms with E-state index in [-0.39, 0.29) is 17.2 Å². The largest absolute Gasteiger partial charge is 0.508 e. The summed E-state index contributed by atoms with van der Waals surface area (Å²) in [5.41, 5.74) is 2.85. The van der Waals surface area contributed by atoms with Gasteiger partial charge in [-0.15, -0.1) is 0 Å². The normalized spacial score (nSPS) is 21.2. The Morgan fingerprint density at radius 1 is 1.22 bits per heavy atom. The molecule has 2 aliphatic rings. The third-order valence-electron chi connectivity index (χ3n) is 5.11. The highest BCUT2D eigenvalue weighted by atomic mass is 16.3. The summed E-state index contributed by atoms with van der Waals surface area (Å²) in [5.74, 6) is 0.851. The van der Waals surface area contributed by atoms with E-state index in [4.69, 9.17) is 4.99 Å². The fraction of sp³-hybridized carbons (Fsp3) is 0.600. The lowest BCUT2D eigenvalue weighted by atomic mass is 9.83. The molecule has 1 saturated carbocycles. The van der Waals surface area contributed by atoms with Crippen molar-refractivity contribution in [2.75, 3.05) is 0 Å². The van der Waals surface area contributed by atoms with Crippen molar-refractivity contribution in [1.82, 2.24) is 0 Å². The Balaban J connectivity index is 1.83. The van der Waals surface area contributed by atoms with Crippen LogP contribution < -0.4 is 0 Å². The minimum Gasteiger partial charge on any atom is -0.508 e.